The summed E-state index contributed by atoms with van der Waals surface area (Å²) < 4.78 is 4.65. The van der Waals surface area contributed by atoms with Crippen LogP contribution in [0.5, 0.6) is 0 Å². The van der Waals surface area contributed by atoms with E-state index < -0.39 is 5.97 Å². The summed E-state index contributed by atoms with van der Waals surface area (Å²) in [6.07, 6.45) is 4.64. The second-order valence-corrected chi connectivity index (χ2v) is 5.44. The Bertz CT molecular complexity index is 497. The van der Waals surface area contributed by atoms with Crippen LogP contribution in [0.2, 0.25) is 5.02 Å². The molecule has 0 saturated carbocycles. The molecule has 0 aliphatic carbocycles. The molecule has 0 unspecified atom stereocenters. The number of thioether (sulfide) groups is 1. The number of methoxy groups -OCH3 is 1. The van der Waals surface area contributed by atoms with E-state index in [1.54, 1.807) is 19.1 Å². The minimum atomic E-state index is -0.451. The van der Waals surface area contributed by atoms with Crippen molar-refractivity contribution in [2.24, 2.45) is 0 Å². The molecular weight excluding hydrogens is 284 g/mol. The van der Waals surface area contributed by atoms with Crippen molar-refractivity contribution in [2.45, 2.75) is 13.3 Å². The quantitative estimate of drug-likeness (QED) is 0.612. The van der Waals surface area contributed by atoms with Crippen LogP contribution in [0.3, 0.4) is 0 Å². The average Bonchev–Trinajstić information content (AvgIpc) is 2.39. The van der Waals surface area contributed by atoms with Gasteiger partial charge in [-0.25, -0.2) is 4.79 Å². The third-order valence-electron chi connectivity index (χ3n) is 2.30. The normalized spacial score (nSPS) is 10.7. The fraction of sp³-hybridized carbons (Fsp3) is 0.286. The second kappa shape index (κ2) is 8.02. The van der Waals surface area contributed by atoms with Crippen molar-refractivity contribution >= 4 is 40.5 Å². The van der Waals surface area contributed by atoms with Gasteiger partial charge >= 0.3 is 5.97 Å². The number of ether oxygens (including phenoxy) is 1. The van der Waals surface area contributed by atoms with Crippen LogP contribution in [0.4, 0.5) is 0 Å². The highest BCUT2D eigenvalue weighted by atomic mass is 35.5. The first kappa shape index (κ1) is 15.8. The van der Waals surface area contributed by atoms with Crippen LogP contribution >= 0.6 is 23.4 Å². The van der Waals surface area contributed by atoms with Gasteiger partial charge in [0.25, 0.3) is 0 Å². The lowest BCUT2D eigenvalue weighted by atomic mass is 10.1. The van der Waals surface area contributed by atoms with E-state index >= 15 is 0 Å². The third-order valence-corrected chi connectivity index (χ3v) is 3.47. The lowest BCUT2D eigenvalue weighted by Gasteiger charge is -2.03. The minimum absolute atomic E-state index is 0.118. The Labute approximate surface area is 122 Å². The summed E-state index contributed by atoms with van der Waals surface area (Å²) in [5.74, 6) is 0.302. The molecule has 0 heterocycles. The van der Waals surface area contributed by atoms with E-state index in [4.69, 9.17) is 11.6 Å². The van der Waals surface area contributed by atoms with Crippen LogP contribution < -0.4 is 0 Å². The van der Waals surface area contributed by atoms with Crippen LogP contribution in [-0.2, 0) is 9.53 Å². The van der Waals surface area contributed by atoms with Gasteiger partial charge in [-0.15, -0.1) is 0 Å². The zero-order valence-corrected chi connectivity index (χ0v) is 12.4. The molecule has 19 heavy (non-hydrogen) atoms. The Morgan fingerprint density at radius 3 is 2.79 bits per heavy atom. The van der Waals surface area contributed by atoms with Crippen molar-refractivity contribution < 1.29 is 14.3 Å². The van der Waals surface area contributed by atoms with Gasteiger partial charge in [0, 0.05) is 12.7 Å². The molecule has 0 saturated heterocycles. The van der Waals surface area contributed by atoms with E-state index in [0.29, 0.717) is 10.6 Å². The molecule has 0 atom stereocenters. The predicted octanol–water partition coefficient (Wildman–Crippen LogP) is 3.81. The molecule has 5 heteroatoms. The van der Waals surface area contributed by atoms with Gasteiger partial charge in [0.1, 0.15) is 0 Å². The van der Waals surface area contributed by atoms with Gasteiger partial charge in [-0.05, 0) is 24.1 Å². The van der Waals surface area contributed by atoms with Crippen LogP contribution in [0.1, 0.15) is 29.3 Å². The van der Waals surface area contributed by atoms with E-state index in [1.165, 1.54) is 18.9 Å². The molecule has 3 nitrogen and oxygen atoms in total. The standard InChI is InChI=1S/C14H15ClO3S/c1-10(16)19-8-4-3-5-11-6-7-13(15)12(9-11)14(17)18-2/h3,5-7,9H,4,8H2,1-2H3. The molecule has 1 rings (SSSR count). The van der Waals surface area contributed by atoms with Gasteiger partial charge in [-0.1, -0.05) is 41.6 Å². The monoisotopic (exact) mass is 298 g/mol. The Balaban J connectivity index is 2.66. The molecule has 0 N–H and O–H groups in total. The van der Waals surface area contributed by atoms with Gasteiger partial charge in [0.2, 0.25) is 0 Å². The first-order valence-electron chi connectivity index (χ1n) is 5.72. The fourth-order valence-corrected chi connectivity index (χ4v) is 2.14. The number of benzene rings is 1. The Hall–Kier alpha value is -1.26. The molecule has 0 aliphatic rings. The van der Waals surface area contributed by atoms with Crippen molar-refractivity contribution in [2.75, 3.05) is 12.9 Å². The topological polar surface area (TPSA) is 43.4 Å². The first-order chi connectivity index (χ1) is 9.04. The lowest BCUT2D eigenvalue weighted by molar-refractivity contribution is -0.109. The summed E-state index contributed by atoms with van der Waals surface area (Å²) >= 11 is 7.22. The average molecular weight is 299 g/mol. The van der Waals surface area contributed by atoms with Crippen LogP contribution in [-0.4, -0.2) is 23.9 Å². The smallest absolute Gasteiger partial charge is 0.339 e. The summed E-state index contributed by atoms with van der Waals surface area (Å²) in [6, 6.07) is 5.17. The largest absolute Gasteiger partial charge is 0.465 e. The van der Waals surface area contributed by atoms with Crippen LogP contribution in [0.15, 0.2) is 24.3 Å². The number of carbonyl (C=O) groups is 2. The number of hydrogen-bond acceptors (Lipinski definition) is 4. The van der Waals surface area contributed by atoms with Gasteiger partial charge in [0.05, 0.1) is 17.7 Å². The molecule has 0 spiro atoms. The maximum absolute atomic E-state index is 11.5. The SMILES string of the molecule is COC(=O)c1cc(C=CCCSC(C)=O)ccc1Cl. The van der Waals surface area contributed by atoms with Crippen molar-refractivity contribution in [3.8, 4) is 0 Å². The van der Waals surface area contributed by atoms with Crippen molar-refractivity contribution in [3.63, 3.8) is 0 Å². The zero-order chi connectivity index (χ0) is 14.3. The van der Waals surface area contributed by atoms with Gasteiger partial charge < -0.3 is 4.74 Å². The fourth-order valence-electron chi connectivity index (χ4n) is 1.40. The molecule has 1 aromatic carbocycles. The van der Waals surface area contributed by atoms with Gasteiger partial charge in [-0.3, -0.25) is 4.79 Å². The highest BCUT2D eigenvalue weighted by Gasteiger charge is 2.10. The van der Waals surface area contributed by atoms with Crippen molar-refractivity contribution in [1.82, 2.24) is 0 Å². The molecule has 0 aliphatic heterocycles. The van der Waals surface area contributed by atoms with Crippen LogP contribution in [0.25, 0.3) is 6.08 Å². The summed E-state index contributed by atoms with van der Waals surface area (Å²) in [6.45, 7) is 1.55. The third kappa shape index (κ3) is 5.49. The molecule has 1 aromatic rings. The Morgan fingerprint density at radius 2 is 2.16 bits per heavy atom. The van der Waals surface area contributed by atoms with E-state index in [1.807, 2.05) is 18.2 Å². The first-order valence-corrected chi connectivity index (χ1v) is 7.08. The van der Waals surface area contributed by atoms with Crippen molar-refractivity contribution in [3.05, 3.63) is 40.4 Å². The summed E-state index contributed by atoms with van der Waals surface area (Å²) in [4.78, 5) is 22.2. The summed E-state index contributed by atoms with van der Waals surface area (Å²) in [5.41, 5.74) is 1.22. The molecule has 0 aromatic heterocycles. The number of halogens is 1. The highest BCUT2D eigenvalue weighted by Crippen LogP contribution is 2.19. The van der Waals surface area contributed by atoms with E-state index in [2.05, 4.69) is 4.74 Å². The van der Waals surface area contributed by atoms with Gasteiger partial charge in [-0.2, -0.15) is 0 Å². The van der Waals surface area contributed by atoms with E-state index in [9.17, 15) is 9.59 Å². The van der Waals surface area contributed by atoms with Gasteiger partial charge in [0.15, 0.2) is 5.12 Å². The molecule has 0 bridgehead atoms. The number of rotatable bonds is 5. The number of esters is 1. The minimum Gasteiger partial charge on any atom is -0.465 e. The maximum Gasteiger partial charge on any atom is 0.339 e. The van der Waals surface area contributed by atoms with Crippen LogP contribution in [0, 0.1) is 0 Å². The maximum atomic E-state index is 11.5. The lowest BCUT2D eigenvalue weighted by Crippen LogP contribution is -2.02. The molecular formula is C14H15ClO3S. The number of hydrogen-bond donors (Lipinski definition) is 0. The number of carbonyl (C=O) groups excluding carboxylic acids is 2. The number of allylic oxidation sites excluding steroid dienone is 1. The molecule has 0 radical (unpaired) electrons. The molecule has 102 valence electrons. The summed E-state index contributed by atoms with van der Waals surface area (Å²) in [7, 11) is 1.32. The summed E-state index contributed by atoms with van der Waals surface area (Å²) in [5, 5.41) is 0.490. The Morgan fingerprint density at radius 1 is 1.42 bits per heavy atom. The molecule has 0 amide bonds. The predicted molar refractivity (Wildman–Crippen MR) is 79.6 cm³/mol. The van der Waals surface area contributed by atoms with E-state index in [0.717, 1.165) is 17.7 Å². The highest BCUT2D eigenvalue weighted by molar-refractivity contribution is 8.13. The second-order valence-electron chi connectivity index (χ2n) is 3.76. The van der Waals surface area contributed by atoms with Crippen molar-refractivity contribution in [1.29, 1.82) is 0 Å². The van der Waals surface area contributed by atoms with E-state index in [-0.39, 0.29) is 5.12 Å². The Kier molecular flexibility index (Phi) is 6.67. The zero-order valence-electron chi connectivity index (χ0n) is 10.8. The molecule has 0 fully saturated rings.